The van der Waals surface area contributed by atoms with E-state index in [0.29, 0.717) is 19.2 Å². The molecule has 20 heavy (non-hydrogen) atoms. The van der Waals surface area contributed by atoms with E-state index in [1.54, 1.807) is 0 Å². The number of nitrogens with zero attached hydrogens (tertiary/aromatic N) is 1. The zero-order valence-corrected chi connectivity index (χ0v) is 12.2. The van der Waals surface area contributed by atoms with E-state index in [1.807, 2.05) is 13.0 Å². The number of carbonyl (C=O) groups excluding carboxylic acids is 1. The van der Waals surface area contributed by atoms with Crippen LogP contribution in [-0.2, 0) is 16.1 Å². The molecule has 1 aliphatic rings. The van der Waals surface area contributed by atoms with Gasteiger partial charge in [0.1, 0.15) is 0 Å². The van der Waals surface area contributed by atoms with Gasteiger partial charge in [-0.1, -0.05) is 30.3 Å². The second-order valence-electron chi connectivity index (χ2n) is 5.25. The normalized spacial score (nSPS) is 19.8. The maximum Gasteiger partial charge on any atom is 0.320 e. The second-order valence-corrected chi connectivity index (χ2v) is 5.25. The van der Waals surface area contributed by atoms with Crippen molar-refractivity contribution in [1.82, 2.24) is 10.2 Å². The van der Waals surface area contributed by atoms with Crippen molar-refractivity contribution < 1.29 is 9.53 Å². The molecule has 0 aliphatic carbocycles. The fraction of sp³-hybridized carbons (Fsp3) is 0.562. The lowest BCUT2D eigenvalue weighted by Gasteiger charge is -2.32. The molecule has 0 saturated carbocycles. The van der Waals surface area contributed by atoms with E-state index in [-0.39, 0.29) is 5.97 Å². The second kappa shape index (κ2) is 8.02. The van der Waals surface area contributed by atoms with E-state index in [1.165, 1.54) is 12.0 Å². The number of likely N-dealkylation sites (tertiary alicyclic amines) is 1. The Morgan fingerprint density at radius 2 is 2.20 bits per heavy atom. The van der Waals surface area contributed by atoms with Crippen LogP contribution in [0, 0.1) is 0 Å². The fourth-order valence-electron chi connectivity index (χ4n) is 2.61. The summed E-state index contributed by atoms with van der Waals surface area (Å²) in [7, 11) is 0. The molecule has 1 aliphatic heterocycles. The topological polar surface area (TPSA) is 41.6 Å². The highest BCUT2D eigenvalue weighted by Gasteiger charge is 2.21. The lowest BCUT2D eigenvalue weighted by atomic mass is 10.1. The lowest BCUT2D eigenvalue weighted by molar-refractivity contribution is -0.144. The Morgan fingerprint density at radius 1 is 1.40 bits per heavy atom. The number of rotatable bonds is 6. The first-order valence-corrected chi connectivity index (χ1v) is 7.43. The summed E-state index contributed by atoms with van der Waals surface area (Å²) in [5.74, 6) is -0.115. The smallest absolute Gasteiger partial charge is 0.320 e. The number of carbonyl (C=O) groups is 1. The van der Waals surface area contributed by atoms with Gasteiger partial charge in [0.2, 0.25) is 0 Å². The molecule has 1 heterocycles. The Bertz CT molecular complexity index is 408. The summed E-state index contributed by atoms with van der Waals surface area (Å²) in [6.07, 6.45) is 2.30. The number of piperidine rings is 1. The molecule has 1 saturated heterocycles. The number of nitrogens with one attached hydrogen (secondary N) is 1. The van der Waals surface area contributed by atoms with Crippen molar-refractivity contribution in [2.75, 3.05) is 26.2 Å². The Morgan fingerprint density at radius 3 is 2.95 bits per heavy atom. The third-order valence-corrected chi connectivity index (χ3v) is 3.60. The largest absolute Gasteiger partial charge is 0.465 e. The third kappa shape index (κ3) is 4.94. The first-order valence-electron chi connectivity index (χ1n) is 7.43. The van der Waals surface area contributed by atoms with Crippen LogP contribution in [0.4, 0.5) is 0 Å². The molecular weight excluding hydrogens is 252 g/mol. The van der Waals surface area contributed by atoms with Crippen LogP contribution in [0.25, 0.3) is 0 Å². The highest BCUT2D eigenvalue weighted by atomic mass is 16.5. The summed E-state index contributed by atoms with van der Waals surface area (Å²) in [6.45, 7) is 5.52. The van der Waals surface area contributed by atoms with Crippen molar-refractivity contribution in [2.45, 2.75) is 32.4 Å². The van der Waals surface area contributed by atoms with Crippen LogP contribution in [0.1, 0.15) is 25.3 Å². The van der Waals surface area contributed by atoms with Crippen LogP contribution >= 0.6 is 0 Å². The standard InChI is InChI=1S/C16H24N2O2/c1-2-20-16(19)13-18-10-6-9-15(12-18)17-11-14-7-4-3-5-8-14/h3-5,7-8,15,17H,2,6,9-13H2,1H3. The van der Waals surface area contributed by atoms with Crippen LogP contribution in [0.3, 0.4) is 0 Å². The molecule has 4 heteroatoms. The van der Waals surface area contributed by atoms with Crippen molar-refractivity contribution in [3.8, 4) is 0 Å². The monoisotopic (exact) mass is 276 g/mol. The number of hydrogen-bond donors (Lipinski definition) is 1. The molecule has 1 atom stereocenters. The minimum absolute atomic E-state index is 0.115. The molecular formula is C16H24N2O2. The van der Waals surface area contributed by atoms with Gasteiger partial charge >= 0.3 is 5.97 Å². The van der Waals surface area contributed by atoms with E-state index < -0.39 is 0 Å². The average molecular weight is 276 g/mol. The predicted octanol–water partition coefficient (Wildman–Crippen LogP) is 1.80. The molecule has 0 radical (unpaired) electrons. The van der Waals surface area contributed by atoms with E-state index >= 15 is 0 Å². The van der Waals surface area contributed by atoms with Crippen molar-refractivity contribution >= 4 is 5.97 Å². The van der Waals surface area contributed by atoms with Gasteiger partial charge in [-0.3, -0.25) is 9.69 Å². The summed E-state index contributed by atoms with van der Waals surface area (Å²) in [5.41, 5.74) is 1.30. The summed E-state index contributed by atoms with van der Waals surface area (Å²) >= 11 is 0. The van der Waals surface area contributed by atoms with Crippen molar-refractivity contribution in [1.29, 1.82) is 0 Å². The van der Waals surface area contributed by atoms with Gasteiger partial charge < -0.3 is 10.1 Å². The molecule has 0 spiro atoms. The zero-order valence-electron chi connectivity index (χ0n) is 12.2. The maximum atomic E-state index is 11.5. The SMILES string of the molecule is CCOC(=O)CN1CCCC(NCc2ccccc2)C1. The number of hydrogen-bond acceptors (Lipinski definition) is 4. The molecule has 2 rings (SSSR count). The quantitative estimate of drug-likeness (QED) is 0.805. The first-order chi connectivity index (χ1) is 9.78. The van der Waals surface area contributed by atoms with Gasteiger partial charge in [-0.25, -0.2) is 0 Å². The first kappa shape index (κ1) is 15.0. The van der Waals surface area contributed by atoms with Crippen molar-refractivity contribution in [3.63, 3.8) is 0 Å². The Labute approximate surface area is 121 Å². The van der Waals surface area contributed by atoms with E-state index in [0.717, 1.165) is 26.1 Å². The zero-order chi connectivity index (χ0) is 14.2. The summed E-state index contributed by atoms with van der Waals surface area (Å²) in [5, 5.41) is 3.58. The minimum Gasteiger partial charge on any atom is -0.465 e. The summed E-state index contributed by atoms with van der Waals surface area (Å²) < 4.78 is 5.01. The lowest BCUT2D eigenvalue weighted by Crippen LogP contribution is -2.47. The molecule has 1 N–H and O–H groups in total. The highest BCUT2D eigenvalue weighted by molar-refractivity contribution is 5.71. The Balaban J connectivity index is 1.74. The van der Waals surface area contributed by atoms with Gasteiger partial charge in [0.15, 0.2) is 0 Å². The van der Waals surface area contributed by atoms with Gasteiger partial charge in [0, 0.05) is 19.1 Å². The van der Waals surface area contributed by atoms with Crippen LogP contribution in [0.2, 0.25) is 0 Å². The van der Waals surface area contributed by atoms with Crippen LogP contribution in [0.15, 0.2) is 30.3 Å². The highest BCUT2D eigenvalue weighted by Crippen LogP contribution is 2.11. The molecule has 110 valence electrons. The Hall–Kier alpha value is -1.39. The molecule has 1 aromatic carbocycles. The van der Waals surface area contributed by atoms with Crippen LogP contribution < -0.4 is 5.32 Å². The van der Waals surface area contributed by atoms with Gasteiger partial charge in [0.05, 0.1) is 13.2 Å². The van der Waals surface area contributed by atoms with Crippen molar-refractivity contribution in [3.05, 3.63) is 35.9 Å². The third-order valence-electron chi connectivity index (χ3n) is 3.60. The number of ether oxygens (including phenoxy) is 1. The van der Waals surface area contributed by atoms with E-state index in [4.69, 9.17) is 4.74 Å². The summed E-state index contributed by atoms with van der Waals surface area (Å²) in [6, 6.07) is 10.9. The van der Waals surface area contributed by atoms with Crippen LogP contribution in [-0.4, -0.2) is 43.2 Å². The molecule has 0 amide bonds. The predicted molar refractivity (Wildman–Crippen MR) is 79.4 cm³/mol. The fourth-order valence-corrected chi connectivity index (χ4v) is 2.61. The van der Waals surface area contributed by atoms with Gasteiger partial charge in [-0.2, -0.15) is 0 Å². The molecule has 4 nitrogen and oxygen atoms in total. The molecule has 1 aromatic rings. The van der Waals surface area contributed by atoms with E-state index in [9.17, 15) is 4.79 Å². The van der Waals surface area contributed by atoms with Gasteiger partial charge in [0.25, 0.3) is 0 Å². The van der Waals surface area contributed by atoms with Crippen molar-refractivity contribution in [2.24, 2.45) is 0 Å². The maximum absolute atomic E-state index is 11.5. The van der Waals surface area contributed by atoms with E-state index in [2.05, 4.69) is 34.5 Å². The Kier molecular flexibility index (Phi) is 6.02. The minimum atomic E-state index is -0.115. The number of esters is 1. The molecule has 1 fully saturated rings. The average Bonchev–Trinajstić information content (AvgIpc) is 2.47. The molecule has 0 bridgehead atoms. The van der Waals surface area contributed by atoms with Gasteiger partial charge in [-0.15, -0.1) is 0 Å². The van der Waals surface area contributed by atoms with Crippen LogP contribution in [0.5, 0.6) is 0 Å². The molecule has 0 aromatic heterocycles. The van der Waals surface area contributed by atoms with Gasteiger partial charge in [-0.05, 0) is 31.9 Å². The number of benzene rings is 1. The molecule has 1 unspecified atom stereocenters. The summed E-state index contributed by atoms with van der Waals surface area (Å²) in [4.78, 5) is 13.7.